The summed E-state index contributed by atoms with van der Waals surface area (Å²) in [4.78, 5) is 15.6. The monoisotopic (exact) mass is 555 g/mol. The fourth-order valence-corrected chi connectivity index (χ4v) is 5.28. The van der Waals surface area contributed by atoms with Crippen LogP contribution < -0.4 is 4.74 Å². The van der Waals surface area contributed by atoms with Crippen molar-refractivity contribution >= 4 is 28.5 Å². The fraction of sp³-hybridized carbons (Fsp3) is 0.267. The second-order valence-electron chi connectivity index (χ2n) is 9.96. The van der Waals surface area contributed by atoms with Gasteiger partial charge in [-0.2, -0.15) is 13.2 Å². The maximum absolute atomic E-state index is 14.4. The van der Waals surface area contributed by atoms with Crippen LogP contribution in [0.1, 0.15) is 47.9 Å². The summed E-state index contributed by atoms with van der Waals surface area (Å²) in [5.74, 6) is -1.95. The number of carboxylic acids is 1. The van der Waals surface area contributed by atoms with E-state index in [9.17, 15) is 28.2 Å². The number of hydrogen-bond donors (Lipinski definition) is 2. The van der Waals surface area contributed by atoms with Crippen LogP contribution in [-0.2, 0) is 22.4 Å². The molecule has 1 fully saturated rings. The lowest BCUT2D eigenvalue weighted by Gasteiger charge is -2.37. The maximum atomic E-state index is 14.4. The summed E-state index contributed by atoms with van der Waals surface area (Å²) in [5.41, 5.74) is -2.25. The molecule has 3 aromatic carbocycles. The first kappa shape index (κ1) is 27.0. The Balaban J connectivity index is 1.36. The number of rotatable bonds is 8. The van der Waals surface area contributed by atoms with Gasteiger partial charge in [-0.15, -0.1) is 0 Å². The van der Waals surface area contributed by atoms with E-state index in [-0.39, 0.29) is 22.8 Å². The first-order valence-corrected chi connectivity index (χ1v) is 12.7. The number of benzene rings is 3. The van der Waals surface area contributed by atoms with Gasteiger partial charge in [-0.25, -0.2) is 0 Å². The van der Waals surface area contributed by atoms with E-state index < -0.39 is 29.1 Å². The number of halogens is 4. The molecule has 39 heavy (non-hydrogen) atoms. The number of aliphatic hydroxyl groups is 1. The van der Waals surface area contributed by atoms with Crippen molar-refractivity contribution in [3.63, 3.8) is 0 Å². The maximum Gasteiger partial charge on any atom is 0.422 e. The van der Waals surface area contributed by atoms with E-state index in [2.05, 4.69) is 4.98 Å². The Morgan fingerprint density at radius 2 is 1.77 bits per heavy atom. The Kier molecular flexibility index (Phi) is 6.81. The minimum absolute atomic E-state index is 0.0175. The van der Waals surface area contributed by atoms with Gasteiger partial charge in [0.1, 0.15) is 12.4 Å². The molecule has 5 nitrogen and oxygen atoms in total. The van der Waals surface area contributed by atoms with Crippen LogP contribution >= 0.6 is 11.6 Å². The number of hydrogen-bond acceptors (Lipinski definition) is 4. The van der Waals surface area contributed by atoms with E-state index in [0.717, 1.165) is 17.3 Å². The first-order chi connectivity index (χ1) is 18.5. The molecule has 1 aromatic heterocycles. The van der Waals surface area contributed by atoms with Crippen molar-refractivity contribution in [1.29, 1.82) is 0 Å². The van der Waals surface area contributed by atoms with Crippen molar-refractivity contribution in [2.45, 2.75) is 49.5 Å². The largest absolute Gasteiger partial charge is 0.489 e. The molecule has 0 bridgehead atoms. The van der Waals surface area contributed by atoms with Crippen LogP contribution in [0.4, 0.5) is 13.2 Å². The molecule has 2 atom stereocenters. The molecule has 0 radical (unpaired) electrons. The number of carbonyl (C=O) groups is 1. The second kappa shape index (κ2) is 9.84. The molecule has 5 rings (SSSR count). The zero-order valence-electron chi connectivity index (χ0n) is 20.9. The number of nitrogens with zero attached hydrogens (tertiary/aromatic N) is 1. The highest BCUT2D eigenvalue weighted by Crippen LogP contribution is 2.50. The molecule has 0 amide bonds. The molecule has 202 valence electrons. The van der Waals surface area contributed by atoms with Gasteiger partial charge in [0.15, 0.2) is 5.60 Å². The third-order valence-electron chi connectivity index (χ3n) is 7.60. The average molecular weight is 556 g/mol. The summed E-state index contributed by atoms with van der Waals surface area (Å²) >= 11 is 6.42. The highest BCUT2D eigenvalue weighted by Gasteiger charge is 2.59. The topological polar surface area (TPSA) is 79.7 Å². The lowest BCUT2D eigenvalue weighted by atomic mass is 9.78. The Bertz CT molecular complexity index is 1540. The van der Waals surface area contributed by atoms with Gasteiger partial charge in [0.25, 0.3) is 0 Å². The van der Waals surface area contributed by atoms with E-state index in [1.807, 2.05) is 0 Å². The Morgan fingerprint density at radius 1 is 1.08 bits per heavy atom. The number of aromatic nitrogens is 1. The number of ether oxygens (including phenoxy) is 1. The van der Waals surface area contributed by atoms with Crippen molar-refractivity contribution in [1.82, 2.24) is 4.98 Å². The van der Waals surface area contributed by atoms with Gasteiger partial charge in [-0.1, -0.05) is 67.1 Å². The summed E-state index contributed by atoms with van der Waals surface area (Å²) in [6, 6.07) is 19.5. The van der Waals surface area contributed by atoms with Gasteiger partial charge >= 0.3 is 12.1 Å². The van der Waals surface area contributed by atoms with Crippen LogP contribution in [0.3, 0.4) is 0 Å². The summed E-state index contributed by atoms with van der Waals surface area (Å²) in [7, 11) is 0. The molecule has 2 N–H and O–H groups in total. The first-order valence-electron chi connectivity index (χ1n) is 12.4. The third-order valence-corrected chi connectivity index (χ3v) is 7.93. The van der Waals surface area contributed by atoms with Crippen LogP contribution in [0.15, 0.2) is 79.0 Å². The fourth-order valence-electron chi connectivity index (χ4n) is 4.95. The Morgan fingerprint density at radius 3 is 2.38 bits per heavy atom. The van der Waals surface area contributed by atoms with Crippen molar-refractivity contribution in [3.8, 4) is 5.75 Å². The van der Waals surface area contributed by atoms with Crippen LogP contribution in [-0.4, -0.2) is 27.3 Å². The lowest BCUT2D eigenvalue weighted by Crippen LogP contribution is -2.46. The van der Waals surface area contributed by atoms with Crippen molar-refractivity contribution in [2.24, 2.45) is 0 Å². The Labute approximate surface area is 227 Å². The van der Waals surface area contributed by atoms with Gasteiger partial charge < -0.3 is 14.9 Å². The van der Waals surface area contributed by atoms with E-state index in [1.165, 1.54) is 31.2 Å². The smallest absolute Gasteiger partial charge is 0.422 e. The summed E-state index contributed by atoms with van der Waals surface area (Å²) in [6.45, 7) is 1.43. The quantitative estimate of drug-likeness (QED) is 0.242. The number of alkyl halides is 3. The third kappa shape index (κ3) is 4.83. The minimum Gasteiger partial charge on any atom is -0.489 e. The number of aliphatic carboxylic acids is 1. The molecule has 4 aromatic rings. The molecule has 0 aliphatic heterocycles. The highest BCUT2D eigenvalue weighted by atomic mass is 35.5. The molecule has 1 saturated carbocycles. The predicted molar refractivity (Wildman–Crippen MR) is 141 cm³/mol. The molecular weight excluding hydrogens is 531 g/mol. The van der Waals surface area contributed by atoms with E-state index in [4.69, 9.17) is 16.3 Å². The van der Waals surface area contributed by atoms with Crippen molar-refractivity contribution < 1.29 is 32.9 Å². The van der Waals surface area contributed by atoms with Gasteiger partial charge in [0, 0.05) is 28.1 Å². The standard InChI is InChI=1S/C30H25ClF3NO4/c1-18(29(38,30(32,33)34)22-14-20-4-2-3-5-26(20)35-16-22)24-11-10-23(15-25(24)31)39-17-19-6-8-21(9-7-19)28(12-13-28)27(36)37/h2-11,14-16,18,38H,12-13,17H2,1H3,(H,36,37). The van der Waals surface area contributed by atoms with E-state index in [0.29, 0.717) is 29.5 Å². The number of pyridine rings is 1. The number of para-hydroxylation sites is 1. The second-order valence-corrected chi connectivity index (χ2v) is 10.4. The van der Waals surface area contributed by atoms with Crippen molar-refractivity contribution in [2.75, 3.05) is 0 Å². The molecule has 2 unspecified atom stereocenters. The predicted octanol–water partition coefficient (Wildman–Crippen LogP) is 7.14. The SMILES string of the molecule is CC(c1ccc(OCc2ccc(C3(C(=O)O)CC3)cc2)cc1Cl)C(O)(c1cnc2ccccc2c1)C(F)(F)F. The molecular formula is C30H25ClF3NO4. The van der Waals surface area contributed by atoms with Gasteiger partial charge in [0.05, 0.1) is 10.9 Å². The average Bonchev–Trinajstić information content (AvgIpc) is 3.73. The zero-order valence-corrected chi connectivity index (χ0v) is 21.6. The molecule has 0 saturated heterocycles. The van der Waals surface area contributed by atoms with Crippen LogP contribution in [0.5, 0.6) is 5.75 Å². The summed E-state index contributed by atoms with van der Waals surface area (Å²) in [5, 5.41) is 21.1. The minimum atomic E-state index is -5.01. The highest BCUT2D eigenvalue weighted by molar-refractivity contribution is 6.31. The Hall–Kier alpha value is -3.62. The summed E-state index contributed by atoms with van der Waals surface area (Å²) < 4.78 is 49.0. The molecule has 0 spiro atoms. The van der Waals surface area contributed by atoms with Crippen molar-refractivity contribution in [3.05, 3.63) is 106 Å². The van der Waals surface area contributed by atoms with Crippen LogP contribution in [0.25, 0.3) is 10.9 Å². The van der Waals surface area contributed by atoms with Crippen LogP contribution in [0.2, 0.25) is 5.02 Å². The molecule has 1 aliphatic carbocycles. The van der Waals surface area contributed by atoms with E-state index >= 15 is 0 Å². The van der Waals surface area contributed by atoms with Gasteiger partial charge in [0.2, 0.25) is 0 Å². The lowest BCUT2D eigenvalue weighted by molar-refractivity contribution is -0.274. The van der Waals surface area contributed by atoms with Gasteiger partial charge in [-0.3, -0.25) is 9.78 Å². The molecule has 1 aliphatic rings. The van der Waals surface area contributed by atoms with E-state index in [1.54, 1.807) is 48.5 Å². The normalized spacial score (nSPS) is 16.9. The number of carboxylic acid groups (broad SMARTS) is 1. The van der Waals surface area contributed by atoms with Gasteiger partial charge in [-0.05, 0) is 53.8 Å². The zero-order chi connectivity index (χ0) is 28.0. The molecule has 1 heterocycles. The van der Waals surface area contributed by atoms with Crippen LogP contribution in [0, 0.1) is 0 Å². The number of fused-ring (bicyclic) bond motifs is 1. The molecule has 9 heteroatoms. The summed E-state index contributed by atoms with van der Waals surface area (Å²) in [6.07, 6.45) is -2.74.